The number of ether oxygens (including phenoxy) is 2. The predicted molar refractivity (Wildman–Crippen MR) is 98.2 cm³/mol. The summed E-state index contributed by atoms with van der Waals surface area (Å²) in [5, 5.41) is -0.0318. The summed E-state index contributed by atoms with van der Waals surface area (Å²) in [4.78, 5) is 20.4. The van der Waals surface area contributed by atoms with Gasteiger partial charge in [-0.2, -0.15) is 13.2 Å². The molecular weight excluding hydrogens is 416 g/mol. The van der Waals surface area contributed by atoms with E-state index in [9.17, 15) is 22.4 Å². The van der Waals surface area contributed by atoms with Crippen LogP contribution in [0.4, 0.5) is 17.6 Å². The highest BCUT2D eigenvalue weighted by molar-refractivity contribution is 6.31. The first kappa shape index (κ1) is 22.8. The predicted octanol–water partition coefficient (Wildman–Crippen LogP) is 4.72. The molecule has 156 valence electrons. The van der Waals surface area contributed by atoms with E-state index < -0.39 is 43.0 Å². The molecule has 0 spiro atoms. The van der Waals surface area contributed by atoms with Crippen molar-refractivity contribution >= 4 is 23.3 Å². The van der Waals surface area contributed by atoms with E-state index in [0.29, 0.717) is 5.71 Å². The third-order valence-electron chi connectivity index (χ3n) is 4.23. The molecule has 1 aromatic rings. The maximum atomic E-state index is 13.5. The highest BCUT2D eigenvalue weighted by Gasteiger charge is 2.44. The lowest BCUT2D eigenvalue weighted by atomic mass is 9.80. The van der Waals surface area contributed by atoms with Crippen LogP contribution in [0, 0.1) is 12.4 Å². The van der Waals surface area contributed by atoms with Gasteiger partial charge in [-0.25, -0.2) is 15.8 Å². The maximum absolute atomic E-state index is 13.5. The summed E-state index contributed by atoms with van der Waals surface area (Å²) in [6, 6.07) is 2.50. The molecule has 0 saturated carbocycles. The van der Waals surface area contributed by atoms with E-state index in [-0.39, 0.29) is 28.5 Å². The van der Waals surface area contributed by atoms with Crippen molar-refractivity contribution in [1.82, 2.24) is 0 Å². The molecule has 2 rings (SSSR count). The second kappa shape index (κ2) is 9.37. The quantitative estimate of drug-likeness (QED) is 0.371. The van der Waals surface area contributed by atoms with Crippen LogP contribution in [0.15, 0.2) is 34.5 Å². The standard InChI is InChI=1S/C19H17ClF4N2O3/c1-10-17(25-2)15(12-5-4-11(21)8-13(12)20)16(14(26-10)9-28-3)18(27)29-7-6-19(22,23)24/h4-5,8,15,17H,6-7,9H2,1,3H3. The zero-order valence-corrected chi connectivity index (χ0v) is 16.3. The first-order valence-corrected chi connectivity index (χ1v) is 8.79. The number of nitrogens with zero attached hydrogens (tertiary/aromatic N) is 2. The molecule has 0 aliphatic carbocycles. The fraction of sp³-hybridized carbons (Fsp3) is 0.421. The van der Waals surface area contributed by atoms with Crippen molar-refractivity contribution in [3.8, 4) is 0 Å². The van der Waals surface area contributed by atoms with Crippen LogP contribution < -0.4 is 0 Å². The number of rotatable bonds is 6. The van der Waals surface area contributed by atoms with Crippen molar-refractivity contribution in [2.45, 2.75) is 31.5 Å². The lowest BCUT2D eigenvalue weighted by Crippen LogP contribution is -2.34. The van der Waals surface area contributed by atoms with Gasteiger partial charge in [0.05, 0.1) is 30.0 Å². The van der Waals surface area contributed by atoms with Crippen LogP contribution in [0.5, 0.6) is 0 Å². The third-order valence-corrected chi connectivity index (χ3v) is 4.56. The number of halogens is 5. The maximum Gasteiger partial charge on any atom is 0.392 e. The Bertz CT molecular complexity index is 890. The molecule has 5 nitrogen and oxygen atoms in total. The summed E-state index contributed by atoms with van der Waals surface area (Å²) in [7, 11) is 1.35. The van der Waals surface area contributed by atoms with Crippen molar-refractivity contribution in [2.24, 2.45) is 4.99 Å². The van der Waals surface area contributed by atoms with Crippen molar-refractivity contribution < 1.29 is 31.8 Å². The molecule has 29 heavy (non-hydrogen) atoms. The minimum absolute atomic E-state index is 0.0318. The third kappa shape index (κ3) is 5.55. The smallest absolute Gasteiger partial charge is 0.392 e. The lowest BCUT2D eigenvalue weighted by molar-refractivity contribution is -0.156. The van der Waals surface area contributed by atoms with Crippen molar-refractivity contribution in [3.05, 3.63) is 57.3 Å². The fourth-order valence-electron chi connectivity index (χ4n) is 2.99. The number of hydrogen-bond donors (Lipinski definition) is 0. The Kier molecular flexibility index (Phi) is 7.38. The van der Waals surface area contributed by atoms with E-state index in [1.165, 1.54) is 13.2 Å². The summed E-state index contributed by atoms with van der Waals surface area (Å²) in [5.41, 5.74) is 0.616. The number of carbonyl (C=O) groups is 1. The van der Waals surface area contributed by atoms with E-state index >= 15 is 0 Å². The summed E-state index contributed by atoms with van der Waals surface area (Å²) in [6.45, 7) is 8.06. The zero-order chi connectivity index (χ0) is 21.8. The minimum atomic E-state index is -4.50. The fourth-order valence-corrected chi connectivity index (χ4v) is 3.28. The average molecular weight is 433 g/mol. The summed E-state index contributed by atoms with van der Waals surface area (Å²) in [6.07, 6.45) is -5.81. The molecule has 2 atom stereocenters. The van der Waals surface area contributed by atoms with Crippen LogP contribution in [0.2, 0.25) is 5.02 Å². The second-order valence-electron chi connectivity index (χ2n) is 6.27. The molecule has 0 fully saturated rings. The Morgan fingerprint density at radius 1 is 1.38 bits per heavy atom. The van der Waals surface area contributed by atoms with Gasteiger partial charge < -0.3 is 14.3 Å². The zero-order valence-electron chi connectivity index (χ0n) is 15.5. The molecule has 0 amide bonds. The van der Waals surface area contributed by atoms with E-state index in [4.69, 9.17) is 27.6 Å². The molecule has 0 aromatic heterocycles. The summed E-state index contributed by atoms with van der Waals surface area (Å²) in [5.74, 6) is -2.67. The Morgan fingerprint density at radius 2 is 2.07 bits per heavy atom. The van der Waals surface area contributed by atoms with Gasteiger partial charge in [-0.3, -0.25) is 4.99 Å². The van der Waals surface area contributed by atoms with Gasteiger partial charge >= 0.3 is 12.1 Å². The van der Waals surface area contributed by atoms with Gasteiger partial charge in [0, 0.05) is 12.1 Å². The van der Waals surface area contributed by atoms with Crippen molar-refractivity contribution in [1.29, 1.82) is 0 Å². The normalized spacial score (nSPS) is 19.6. The molecule has 1 aromatic carbocycles. The van der Waals surface area contributed by atoms with Gasteiger partial charge in [-0.05, 0) is 24.6 Å². The van der Waals surface area contributed by atoms with Gasteiger partial charge in [0.2, 0.25) is 0 Å². The van der Waals surface area contributed by atoms with Gasteiger partial charge in [-0.1, -0.05) is 17.7 Å². The molecule has 1 heterocycles. The topological polar surface area (TPSA) is 52.2 Å². The van der Waals surface area contributed by atoms with Crippen LogP contribution in [0.3, 0.4) is 0 Å². The van der Waals surface area contributed by atoms with Crippen molar-refractivity contribution in [2.75, 3.05) is 20.3 Å². The number of benzene rings is 1. The number of hydrogen-bond acceptors (Lipinski definition) is 4. The summed E-state index contributed by atoms with van der Waals surface area (Å²) < 4.78 is 60.6. The number of esters is 1. The van der Waals surface area contributed by atoms with Crippen LogP contribution in [0.1, 0.15) is 24.8 Å². The number of alkyl halides is 3. The minimum Gasteiger partial charge on any atom is -0.462 e. The lowest BCUT2D eigenvalue weighted by Gasteiger charge is -2.27. The number of carbonyl (C=O) groups excluding carboxylic acids is 1. The Labute approximate surface area is 169 Å². The van der Waals surface area contributed by atoms with Gasteiger partial charge in [0.1, 0.15) is 18.3 Å². The molecule has 0 bridgehead atoms. The van der Waals surface area contributed by atoms with E-state index in [0.717, 1.165) is 12.1 Å². The Morgan fingerprint density at radius 3 is 2.62 bits per heavy atom. The average Bonchev–Trinajstić information content (AvgIpc) is 2.60. The van der Waals surface area contributed by atoms with Crippen LogP contribution in [-0.4, -0.2) is 44.2 Å². The molecule has 10 heteroatoms. The summed E-state index contributed by atoms with van der Waals surface area (Å²) >= 11 is 6.15. The van der Waals surface area contributed by atoms with E-state index in [2.05, 4.69) is 9.84 Å². The molecule has 0 saturated heterocycles. The first-order chi connectivity index (χ1) is 13.6. The first-order valence-electron chi connectivity index (χ1n) is 8.41. The molecule has 0 radical (unpaired) electrons. The highest BCUT2D eigenvalue weighted by atomic mass is 35.5. The molecule has 1 aliphatic rings. The Hall–Kier alpha value is -2.44. The largest absolute Gasteiger partial charge is 0.462 e. The number of methoxy groups -OCH3 is 1. The van der Waals surface area contributed by atoms with Gasteiger partial charge in [0.25, 0.3) is 6.04 Å². The second-order valence-corrected chi connectivity index (χ2v) is 6.67. The van der Waals surface area contributed by atoms with Crippen LogP contribution in [-0.2, 0) is 14.3 Å². The van der Waals surface area contributed by atoms with Crippen LogP contribution in [0.25, 0.3) is 4.85 Å². The molecular formula is C19H17ClF4N2O3. The monoisotopic (exact) mass is 432 g/mol. The highest BCUT2D eigenvalue weighted by Crippen LogP contribution is 2.40. The molecule has 1 aliphatic heterocycles. The Balaban J connectivity index is 2.54. The van der Waals surface area contributed by atoms with Gasteiger partial charge in [0.15, 0.2) is 0 Å². The number of aliphatic imine (C=N–C) groups is 1. The SMILES string of the molecule is [C-]#[N+]C1C(C)=NC(COC)=C(C(=O)OCCC(F)(F)F)C1c1ccc(F)cc1Cl. The molecule has 0 N–H and O–H groups in total. The molecule has 2 unspecified atom stereocenters. The van der Waals surface area contributed by atoms with E-state index in [1.54, 1.807) is 6.92 Å². The van der Waals surface area contributed by atoms with Crippen molar-refractivity contribution in [3.63, 3.8) is 0 Å². The van der Waals surface area contributed by atoms with Gasteiger partial charge in [-0.15, -0.1) is 0 Å². The van der Waals surface area contributed by atoms with Crippen LogP contribution >= 0.6 is 11.6 Å². The van der Waals surface area contributed by atoms with E-state index in [1.807, 2.05) is 0 Å².